The van der Waals surface area contributed by atoms with Gasteiger partial charge in [0, 0.05) is 40.7 Å². The van der Waals surface area contributed by atoms with Crippen LogP contribution in [0.3, 0.4) is 0 Å². The van der Waals surface area contributed by atoms with Crippen LogP contribution in [-0.2, 0) is 14.8 Å². The van der Waals surface area contributed by atoms with Gasteiger partial charge in [-0.25, -0.2) is 8.42 Å². The molecule has 8 nitrogen and oxygen atoms in total. The summed E-state index contributed by atoms with van der Waals surface area (Å²) in [6.07, 6.45) is 0. The summed E-state index contributed by atoms with van der Waals surface area (Å²) in [6, 6.07) is 16.2. The zero-order chi connectivity index (χ0) is 24.9. The number of nitrogens with zero attached hydrogens (tertiary/aromatic N) is 1. The molecule has 0 fully saturated rings. The Bertz CT molecular complexity index is 1630. The van der Waals surface area contributed by atoms with Crippen LogP contribution in [0.15, 0.2) is 63.9 Å². The molecule has 2 heterocycles. The number of nitrogens with one attached hydrogen (secondary N) is 1. The number of methoxy groups -OCH3 is 2. The van der Waals surface area contributed by atoms with Crippen molar-refractivity contribution in [1.82, 2.24) is 0 Å². The normalized spacial score (nSPS) is 14.8. The Kier molecular flexibility index (Phi) is 5.44. The molecule has 5 rings (SSSR count). The van der Waals surface area contributed by atoms with Crippen molar-refractivity contribution in [3.05, 3.63) is 65.1 Å². The predicted molar refractivity (Wildman–Crippen MR) is 136 cm³/mol. The minimum Gasteiger partial charge on any atom is -0.493 e. The van der Waals surface area contributed by atoms with Gasteiger partial charge < -0.3 is 19.2 Å². The van der Waals surface area contributed by atoms with Crippen molar-refractivity contribution in [3.63, 3.8) is 0 Å². The van der Waals surface area contributed by atoms with E-state index in [-0.39, 0.29) is 11.4 Å². The lowest BCUT2D eigenvalue weighted by molar-refractivity contribution is -0.112. The molecule has 3 aromatic carbocycles. The molecule has 0 bridgehead atoms. The number of amides is 1. The van der Waals surface area contributed by atoms with E-state index in [4.69, 9.17) is 13.9 Å². The summed E-state index contributed by atoms with van der Waals surface area (Å²) < 4.78 is 45.0. The molecule has 0 saturated heterocycles. The number of ether oxygens (including phenoxy) is 2. The number of rotatable bonds is 5. The number of carbonyl (C=O) groups excluding carboxylic acids is 1. The molecule has 0 atom stereocenters. The first-order valence-electron chi connectivity index (χ1n) is 11.0. The third kappa shape index (κ3) is 3.50. The van der Waals surface area contributed by atoms with Gasteiger partial charge in [0.2, 0.25) is 0 Å². The first-order valence-corrected chi connectivity index (χ1v) is 12.5. The number of benzene rings is 3. The third-order valence-corrected chi connectivity index (χ3v) is 8.24. The highest BCUT2D eigenvalue weighted by atomic mass is 32.2. The number of anilines is 2. The maximum absolute atomic E-state index is 13.5. The van der Waals surface area contributed by atoms with Gasteiger partial charge in [0.05, 0.1) is 19.9 Å². The molecule has 0 saturated carbocycles. The van der Waals surface area contributed by atoms with Gasteiger partial charge in [-0.15, -0.1) is 0 Å². The van der Waals surface area contributed by atoms with E-state index in [1.165, 1.54) is 18.5 Å². The van der Waals surface area contributed by atoms with E-state index >= 15 is 0 Å². The van der Waals surface area contributed by atoms with E-state index in [0.29, 0.717) is 39.6 Å². The van der Waals surface area contributed by atoms with Crippen LogP contribution in [-0.4, -0.2) is 35.1 Å². The third-order valence-electron chi connectivity index (χ3n) is 6.19. The number of sulfonamides is 1. The van der Waals surface area contributed by atoms with Gasteiger partial charge in [-0.1, -0.05) is 18.2 Å². The minimum atomic E-state index is -4.12. The number of allylic oxidation sites excluding steroid dienone is 1. The van der Waals surface area contributed by atoms with Gasteiger partial charge in [0.15, 0.2) is 16.4 Å². The summed E-state index contributed by atoms with van der Waals surface area (Å²) >= 11 is 0. The molecule has 4 aromatic rings. The maximum atomic E-state index is 13.5. The minimum absolute atomic E-state index is 0.139. The molecule has 0 unspecified atom stereocenters. The number of furan rings is 1. The van der Waals surface area contributed by atoms with Crippen LogP contribution in [0.4, 0.5) is 11.4 Å². The van der Waals surface area contributed by atoms with Crippen LogP contribution in [0.1, 0.15) is 19.4 Å². The van der Waals surface area contributed by atoms with Gasteiger partial charge in [-0.2, -0.15) is 0 Å². The summed E-state index contributed by atoms with van der Waals surface area (Å²) in [5.41, 5.74) is 3.10. The molecular formula is C26H24N2O6S. The number of para-hydroxylation sites is 1. The number of hydrogen-bond donors (Lipinski definition) is 1. The van der Waals surface area contributed by atoms with E-state index in [9.17, 15) is 13.2 Å². The molecule has 180 valence electrons. The van der Waals surface area contributed by atoms with Gasteiger partial charge in [0.1, 0.15) is 11.2 Å². The monoisotopic (exact) mass is 492 g/mol. The second-order valence-corrected chi connectivity index (χ2v) is 9.91. The van der Waals surface area contributed by atoms with Crippen LogP contribution < -0.4 is 19.1 Å². The average Bonchev–Trinajstić information content (AvgIpc) is 3.21. The second-order valence-electron chi connectivity index (χ2n) is 8.11. The summed E-state index contributed by atoms with van der Waals surface area (Å²) in [5, 5.41) is 4.62. The zero-order valence-electron chi connectivity index (χ0n) is 19.7. The van der Waals surface area contributed by atoms with Crippen LogP contribution >= 0.6 is 0 Å². The Morgan fingerprint density at radius 2 is 1.66 bits per heavy atom. The van der Waals surface area contributed by atoms with Crippen molar-refractivity contribution >= 4 is 54.8 Å². The highest BCUT2D eigenvalue weighted by molar-refractivity contribution is 7.97. The number of carbonyl (C=O) groups is 1. The summed E-state index contributed by atoms with van der Waals surface area (Å²) in [5.74, 6) is 0.118. The fourth-order valence-electron chi connectivity index (χ4n) is 4.55. The lowest BCUT2D eigenvalue weighted by atomic mass is 10.0. The molecule has 0 radical (unpaired) electrons. The standard InChI is InChI=1S/C26H24N2O6S/c1-5-28-20-14-24(33-4)23(32-3)13-19(20)15(2)25(35(28,30)31)26(29)27-16-10-11-18-17-8-6-7-9-21(17)34-22(18)12-16/h6-14H,5H2,1-4H3,(H,27,29). The lowest BCUT2D eigenvalue weighted by Gasteiger charge is -2.32. The molecular weight excluding hydrogens is 468 g/mol. The Labute approximate surface area is 202 Å². The fraction of sp³-hybridized carbons (Fsp3) is 0.192. The van der Waals surface area contributed by atoms with E-state index < -0.39 is 15.9 Å². The number of hydrogen-bond acceptors (Lipinski definition) is 6. The van der Waals surface area contributed by atoms with E-state index in [2.05, 4.69) is 5.32 Å². The first-order chi connectivity index (χ1) is 16.8. The Morgan fingerprint density at radius 1 is 0.971 bits per heavy atom. The van der Waals surface area contributed by atoms with Crippen molar-refractivity contribution in [2.75, 3.05) is 30.4 Å². The fourth-order valence-corrected chi connectivity index (χ4v) is 6.30. The summed E-state index contributed by atoms with van der Waals surface area (Å²) in [7, 11) is -1.14. The Hall–Kier alpha value is -3.98. The van der Waals surface area contributed by atoms with Crippen LogP contribution in [0.5, 0.6) is 11.5 Å². The second kappa shape index (κ2) is 8.35. The predicted octanol–water partition coefficient (Wildman–Crippen LogP) is 5.14. The topological polar surface area (TPSA) is 98.1 Å². The Morgan fingerprint density at radius 3 is 2.37 bits per heavy atom. The quantitative estimate of drug-likeness (QED) is 0.414. The van der Waals surface area contributed by atoms with Crippen LogP contribution in [0.25, 0.3) is 27.5 Å². The molecule has 1 amide bonds. The van der Waals surface area contributed by atoms with E-state index in [0.717, 1.165) is 16.4 Å². The molecule has 9 heteroatoms. The Balaban J connectivity index is 1.59. The molecule has 1 aliphatic rings. The van der Waals surface area contributed by atoms with Crippen LogP contribution in [0.2, 0.25) is 0 Å². The molecule has 1 aromatic heterocycles. The van der Waals surface area contributed by atoms with Crippen molar-refractivity contribution in [3.8, 4) is 11.5 Å². The zero-order valence-corrected chi connectivity index (χ0v) is 20.5. The molecule has 1 N–H and O–H groups in total. The summed E-state index contributed by atoms with van der Waals surface area (Å²) in [4.78, 5) is 13.1. The molecule has 1 aliphatic heterocycles. The smallest absolute Gasteiger partial charge is 0.270 e. The van der Waals surface area contributed by atoms with E-state index in [1.807, 2.05) is 30.3 Å². The highest BCUT2D eigenvalue weighted by Gasteiger charge is 2.39. The molecule has 0 aliphatic carbocycles. The largest absolute Gasteiger partial charge is 0.493 e. The van der Waals surface area contributed by atoms with Crippen molar-refractivity contribution in [1.29, 1.82) is 0 Å². The number of fused-ring (bicyclic) bond motifs is 4. The van der Waals surface area contributed by atoms with Gasteiger partial charge in [-0.3, -0.25) is 9.10 Å². The molecule has 35 heavy (non-hydrogen) atoms. The SMILES string of the molecule is CCN1c2cc(OC)c(OC)cc2C(C)=C(C(=O)Nc2ccc3c(c2)oc2ccccc23)S1(=O)=O. The van der Waals surface area contributed by atoms with Crippen molar-refractivity contribution in [2.24, 2.45) is 0 Å². The maximum Gasteiger partial charge on any atom is 0.270 e. The van der Waals surface area contributed by atoms with Gasteiger partial charge in [-0.05, 0) is 43.7 Å². The first kappa shape index (κ1) is 22.8. The van der Waals surface area contributed by atoms with Crippen LogP contribution in [0, 0.1) is 0 Å². The van der Waals surface area contributed by atoms with Crippen molar-refractivity contribution in [2.45, 2.75) is 13.8 Å². The highest BCUT2D eigenvalue weighted by Crippen LogP contribution is 2.45. The molecule has 0 spiro atoms. The van der Waals surface area contributed by atoms with Gasteiger partial charge >= 0.3 is 0 Å². The summed E-state index contributed by atoms with van der Waals surface area (Å²) in [6.45, 7) is 3.47. The van der Waals surface area contributed by atoms with E-state index in [1.54, 1.807) is 38.1 Å². The van der Waals surface area contributed by atoms with Crippen molar-refractivity contribution < 1.29 is 27.1 Å². The lowest BCUT2D eigenvalue weighted by Crippen LogP contribution is -2.39. The average molecular weight is 493 g/mol. The van der Waals surface area contributed by atoms with Gasteiger partial charge in [0.25, 0.3) is 15.9 Å².